The third kappa shape index (κ3) is 1.61. The highest BCUT2D eigenvalue weighted by Crippen LogP contribution is 2.43. The molecular weight excluding hydrogens is 252 g/mol. The van der Waals surface area contributed by atoms with Crippen molar-refractivity contribution in [1.82, 2.24) is 10.3 Å². The highest BCUT2D eigenvalue weighted by atomic mass is 16.3. The van der Waals surface area contributed by atoms with Crippen LogP contribution in [-0.4, -0.2) is 21.2 Å². The number of hydrogen-bond donors (Lipinski definition) is 3. The molecule has 0 bridgehead atoms. The first-order chi connectivity index (χ1) is 9.74. The minimum Gasteiger partial charge on any atom is -0.504 e. The number of rotatable bonds is 0. The van der Waals surface area contributed by atoms with Crippen molar-refractivity contribution in [3.63, 3.8) is 0 Å². The molecule has 102 valence electrons. The normalized spacial score (nSPS) is 23.6. The van der Waals surface area contributed by atoms with Crippen LogP contribution in [0.25, 0.3) is 0 Å². The van der Waals surface area contributed by atoms with Crippen LogP contribution in [0, 0.1) is 0 Å². The number of phenols is 2. The maximum absolute atomic E-state index is 9.83. The average Bonchev–Trinajstić information content (AvgIpc) is 2.48. The molecule has 20 heavy (non-hydrogen) atoms. The van der Waals surface area contributed by atoms with Gasteiger partial charge in [0, 0.05) is 30.9 Å². The van der Waals surface area contributed by atoms with Gasteiger partial charge in [-0.15, -0.1) is 0 Å². The predicted octanol–water partition coefficient (Wildman–Crippen LogP) is 2.04. The van der Waals surface area contributed by atoms with Crippen LogP contribution in [0.1, 0.15) is 34.6 Å². The maximum atomic E-state index is 9.83. The number of fused-ring (bicyclic) bond motifs is 5. The Morgan fingerprint density at radius 2 is 1.95 bits per heavy atom. The zero-order valence-electron chi connectivity index (χ0n) is 11.0. The van der Waals surface area contributed by atoms with Gasteiger partial charge in [0.05, 0.1) is 0 Å². The molecule has 1 aromatic carbocycles. The largest absolute Gasteiger partial charge is 0.504 e. The number of aryl methyl sites for hydroxylation is 1. The summed E-state index contributed by atoms with van der Waals surface area (Å²) in [6, 6.07) is 5.84. The first kappa shape index (κ1) is 11.7. The fraction of sp³-hybridized carbons (Fsp3) is 0.312. The van der Waals surface area contributed by atoms with Crippen molar-refractivity contribution in [2.24, 2.45) is 0 Å². The molecule has 4 rings (SSSR count). The van der Waals surface area contributed by atoms with Gasteiger partial charge in [0.2, 0.25) is 0 Å². The van der Waals surface area contributed by atoms with Crippen molar-refractivity contribution in [3.05, 3.63) is 52.8 Å². The van der Waals surface area contributed by atoms with E-state index in [2.05, 4.69) is 10.3 Å². The van der Waals surface area contributed by atoms with E-state index in [1.165, 1.54) is 11.1 Å². The monoisotopic (exact) mass is 268 g/mol. The van der Waals surface area contributed by atoms with Gasteiger partial charge in [0.25, 0.3) is 0 Å². The number of aromatic nitrogens is 1. The molecule has 0 saturated carbocycles. The number of benzene rings is 1. The van der Waals surface area contributed by atoms with Crippen molar-refractivity contribution in [2.75, 3.05) is 0 Å². The molecule has 0 amide bonds. The topological polar surface area (TPSA) is 65.4 Å². The van der Waals surface area contributed by atoms with Gasteiger partial charge in [-0.25, -0.2) is 0 Å². The Morgan fingerprint density at radius 1 is 1.10 bits per heavy atom. The third-order valence-corrected chi connectivity index (χ3v) is 4.53. The minimum absolute atomic E-state index is 0.0302. The van der Waals surface area contributed by atoms with E-state index in [0.29, 0.717) is 6.04 Å². The van der Waals surface area contributed by atoms with E-state index in [-0.39, 0.29) is 17.4 Å². The summed E-state index contributed by atoms with van der Waals surface area (Å²) in [5.41, 5.74) is 4.74. The second kappa shape index (κ2) is 4.21. The van der Waals surface area contributed by atoms with Crippen molar-refractivity contribution < 1.29 is 10.2 Å². The van der Waals surface area contributed by atoms with Gasteiger partial charge in [-0.3, -0.25) is 4.98 Å². The van der Waals surface area contributed by atoms with Crippen LogP contribution in [0.2, 0.25) is 0 Å². The van der Waals surface area contributed by atoms with Crippen LogP contribution in [0.15, 0.2) is 30.6 Å². The van der Waals surface area contributed by atoms with Crippen molar-refractivity contribution in [1.29, 1.82) is 0 Å². The summed E-state index contributed by atoms with van der Waals surface area (Å²) in [4.78, 5) is 4.26. The van der Waals surface area contributed by atoms with Crippen LogP contribution in [0.5, 0.6) is 11.5 Å². The van der Waals surface area contributed by atoms with E-state index in [4.69, 9.17) is 0 Å². The number of phenolic OH excluding ortho intramolecular Hbond substituents is 2. The van der Waals surface area contributed by atoms with E-state index in [9.17, 15) is 10.2 Å². The summed E-state index contributed by atoms with van der Waals surface area (Å²) in [6.07, 6.45) is 5.72. The molecule has 4 heteroatoms. The van der Waals surface area contributed by atoms with Crippen LogP contribution in [-0.2, 0) is 13.0 Å². The number of nitrogens with zero attached hydrogens (tertiary/aromatic N) is 1. The van der Waals surface area contributed by atoms with Gasteiger partial charge in [-0.1, -0.05) is 0 Å². The Hall–Kier alpha value is -2.07. The molecule has 3 N–H and O–H groups in total. The summed E-state index contributed by atoms with van der Waals surface area (Å²) in [5, 5.41) is 23.1. The zero-order chi connectivity index (χ0) is 13.7. The molecule has 2 atom stereocenters. The number of hydrogen-bond acceptors (Lipinski definition) is 4. The second-order valence-corrected chi connectivity index (χ2v) is 5.62. The molecule has 0 radical (unpaired) electrons. The van der Waals surface area contributed by atoms with Gasteiger partial charge < -0.3 is 15.5 Å². The lowest BCUT2D eigenvalue weighted by molar-refractivity contribution is 0.379. The second-order valence-electron chi connectivity index (χ2n) is 5.62. The molecule has 4 nitrogen and oxygen atoms in total. The van der Waals surface area contributed by atoms with Gasteiger partial charge in [0.15, 0.2) is 11.5 Å². The summed E-state index contributed by atoms with van der Waals surface area (Å²) in [5.74, 6) is 0.139. The molecule has 2 aliphatic rings. The molecule has 1 aliphatic heterocycles. The lowest BCUT2D eigenvalue weighted by Crippen LogP contribution is -2.42. The maximum Gasteiger partial charge on any atom is 0.157 e. The van der Waals surface area contributed by atoms with Crippen LogP contribution in [0.4, 0.5) is 0 Å². The Balaban J connectivity index is 1.92. The van der Waals surface area contributed by atoms with Gasteiger partial charge >= 0.3 is 0 Å². The summed E-state index contributed by atoms with van der Waals surface area (Å²) < 4.78 is 0. The smallest absolute Gasteiger partial charge is 0.157 e. The lowest BCUT2D eigenvalue weighted by Gasteiger charge is -2.39. The van der Waals surface area contributed by atoms with Gasteiger partial charge in [-0.2, -0.15) is 0 Å². The highest BCUT2D eigenvalue weighted by Gasteiger charge is 2.35. The third-order valence-electron chi connectivity index (χ3n) is 4.53. The van der Waals surface area contributed by atoms with Crippen LogP contribution < -0.4 is 5.32 Å². The molecule has 0 spiro atoms. The fourth-order valence-corrected chi connectivity index (χ4v) is 3.56. The Kier molecular flexibility index (Phi) is 2.47. The number of aromatic hydroxyl groups is 2. The predicted molar refractivity (Wildman–Crippen MR) is 74.8 cm³/mol. The SMILES string of the molecule is Oc1cc2c(cc1O)C1c3cnccc3CNC1CC2. The van der Waals surface area contributed by atoms with Crippen LogP contribution >= 0.6 is 0 Å². The van der Waals surface area contributed by atoms with E-state index in [1.54, 1.807) is 12.1 Å². The van der Waals surface area contributed by atoms with Gasteiger partial charge in [-0.05, 0) is 53.3 Å². The molecule has 1 aliphatic carbocycles. The summed E-state index contributed by atoms with van der Waals surface area (Å²) in [7, 11) is 0. The standard InChI is InChI=1S/C16H16N2O2/c19-14-5-9-1-2-13-16(11(9)6-15(14)20)12-8-17-4-3-10(12)7-18-13/h3-6,8,13,16,18-20H,1-2,7H2. The average molecular weight is 268 g/mol. The molecular formula is C16H16N2O2. The van der Waals surface area contributed by atoms with E-state index < -0.39 is 0 Å². The first-order valence-electron chi connectivity index (χ1n) is 6.95. The Bertz CT molecular complexity index is 684. The molecule has 2 heterocycles. The molecule has 2 aromatic rings. The summed E-state index contributed by atoms with van der Waals surface area (Å²) in [6.45, 7) is 0.873. The van der Waals surface area contributed by atoms with Gasteiger partial charge in [0.1, 0.15) is 0 Å². The zero-order valence-corrected chi connectivity index (χ0v) is 11.0. The number of nitrogens with one attached hydrogen (secondary N) is 1. The molecule has 0 fully saturated rings. The fourth-order valence-electron chi connectivity index (χ4n) is 3.56. The molecule has 0 saturated heterocycles. The quantitative estimate of drug-likeness (QED) is 0.640. The van der Waals surface area contributed by atoms with E-state index in [0.717, 1.165) is 30.5 Å². The van der Waals surface area contributed by atoms with Crippen molar-refractivity contribution in [2.45, 2.75) is 31.3 Å². The van der Waals surface area contributed by atoms with E-state index >= 15 is 0 Å². The molecule has 1 aromatic heterocycles. The van der Waals surface area contributed by atoms with Crippen molar-refractivity contribution in [3.8, 4) is 11.5 Å². The van der Waals surface area contributed by atoms with E-state index in [1.807, 2.05) is 18.5 Å². The lowest BCUT2D eigenvalue weighted by atomic mass is 9.73. The van der Waals surface area contributed by atoms with Crippen molar-refractivity contribution >= 4 is 0 Å². The minimum atomic E-state index is -0.0413. The highest BCUT2D eigenvalue weighted by molar-refractivity contribution is 5.52. The van der Waals surface area contributed by atoms with Crippen LogP contribution in [0.3, 0.4) is 0 Å². The molecule has 2 unspecified atom stereocenters. The Morgan fingerprint density at radius 3 is 2.85 bits per heavy atom. The first-order valence-corrected chi connectivity index (χ1v) is 6.95. The Labute approximate surface area is 117 Å². The summed E-state index contributed by atoms with van der Waals surface area (Å²) >= 11 is 0. The number of pyridine rings is 1.